The Morgan fingerprint density at radius 2 is 2.09 bits per heavy atom. The number of oxazole rings is 1. The van der Waals surface area contributed by atoms with Crippen LogP contribution in [0.25, 0.3) is 11.5 Å². The van der Waals surface area contributed by atoms with Gasteiger partial charge >= 0.3 is 5.97 Å². The summed E-state index contributed by atoms with van der Waals surface area (Å²) in [5.41, 5.74) is 0.589. The van der Waals surface area contributed by atoms with Crippen molar-refractivity contribution in [2.24, 2.45) is 0 Å². The number of pyridine rings is 1. The second kappa shape index (κ2) is 5.76. The zero-order valence-corrected chi connectivity index (χ0v) is 12.4. The minimum atomic E-state index is -1.11. The van der Waals surface area contributed by atoms with E-state index >= 15 is 0 Å². The number of rotatable bonds is 3. The fraction of sp³-hybridized carbons (Fsp3) is 0.400. The number of carboxylic acid groups (broad SMARTS) is 1. The van der Waals surface area contributed by atoms with Crippen LogP contribution in [0, 0.1) is 0 Å². The van der Waals surface area contributed by atoms with Gasteiger partial charge in [-0.1, -0.05) is 0 Å². The lowest BCUT2D eigenvalue weighted by Crippen LogP contribution is -2.45. The minimum Gasteiger partial charge on any atom is -0.476 e. The number of anilines is 1. The first-order valence-corrected chi connectivity index (χ1v) is 7.08. The molecular formula is C15H17N3O4. The van der Waals surface area contributed by atoms with Crippen molar-refractivity contribution in [2.45, 2.75) is 26.1 Å². The van der Waals surface area contributed by atoms with Crippen LogP contribution in [0.2, 0.25) is 0 Å². The fourth-order valence-corrected chi connectivity index (χ4v) is 2.59. The van der Waals surface area contributed by atoms with Crippen molar-refractivity contribution in [3.05, 3.63) is 30.3 Å². The maximum Gasteiger partial charge on any atom is 0.357 e. The molecule has 7 nitrogen and oxygen atoms in total. The van der Waals surface area contributed by atoms with Gasteiger partial charge in [-0.3, -0.25) is 0 Å². The molecule has 1 aliphatic rings. The van der Waals surface area contributed by atoms with Gasteiger partial charge in [0.25, 0.3) is 0 Å². The highest BCUT2D eigenvalue weighted by Crippen LogP contribution is 2.24. The molecule has 3 rings (SSSR count). The number of ether oxygens (including phenoxy) is 1. The van der Waals surface area contributed by atoms with Gasteiger partial charge in [-0.15, -0.1) is 0 Å². The predicted octanol–water partition coefficient (Wildman–Crippen LogP) is 2.05. The normalized spacial score (nSPS) is 21.8. The summed E-state index contributed by atoms with van der Waals surface area (Å²) in [6, 6.07) is 3.59. The molecule has 0 saturated carbocycles. The second-order valence-corrected chi connectivity index (χ2v) is 5.41. The molecule has 0 radical (unpaired) electrons. The molecule has 0 aliphatic carbocycles. The topological polar surface area (TPSA) is 88.7 Å². The standard InChI is InChI=1S/C15H17N3O4/c1-9-6-18(7-10(2)22-9)13-5-11(3-4-16-13)14-17-12(8-21-14)15(19)20/h3-5,8-10H,6-7H2,1-2H3,(H,19,20)/t9-,10+. The summed E-state index contributed by atoms with van der Waals surface area (Å²) in [6.45, 7) is 5.57. The molecular weight excluding hydrogens is 286 g/mol. The number of carbonyl (C=O) groups is 1. The van der Waals surface area contributed by atoms with E-state index in [1.807, 2.05) is 19.9 Å². The van der Waals surface area contributed by atoms with Crippen molar-refractivity contribution < 1.29 is 19.1 Å². The molecule has 2 aromatic rings. The van der Waals surface area contributed by atoms with Gasteiger partial charge in [-0.25, -0.2) is 14.8 Å². The highest BCUT2D eigenvalue weighted by Gasteiger charge is 2.23. The Bertz CT molecular complexity index is 675. The molecule has 1 aliphatic heterocycles. The van der Waals surface area contributed by atoms with E-state index < -0.39 is 5.97 Å². The summed E-state index contributed by atoms with van der Waals surface area (Å²) in [4.78, 5) is 21.4. The third-order valence-electron chi connectivity index (χ3n) is 3.46. The number of hydrogen-bond acceptors (Lipinski definition) is 6. The van der Waals surface area contributed by atoms with Crippen molar-refractivity contribution in [1.82, 2.24) is 9.97 Å². The zero-order chi connectivity index (χ0) is 15.7. The molecule has 1 saturated heterocycles. The van der Waals surface area contributed by atoms with E-state index in [-0.39, 0.29) is 23.8 Å². The van der Waals surface area contributed by atoms with Gasteiger partial charge in [0, 0.05) is 24.8 Å². The first-order valence-electron chi connectivity index (χ1n) is 7.08. The molecule has 0 amide bonds. The first-order chi connectivity index (χ1) is 10.5. The van der Waals surface area contributed by atoms with Crippen LogP contribution in [0.15, 0.2) is 29.0 Å². The van der Waals surface area contributed by atoms with Gasteiger partial charge in [0.1, 0.15) is 12.1 Å². The smallest absolute Gasteiger partial charge is 0.357 e. The second-order valence-electron chi connectivity index (χ2n) is 5.41. The number of hydrogen-bond donors (Lipinski definition) is 1. The van der Waals surface area contributed by atoms with E-state index in [0.29, 0.717) is 5.56 Å². The Labute approximate surface area is 127 Å². The van der Waals surface area contributed by atoms with Crippen molar-refractivity contribution in [1.29, 1.82) is 0 Å². The van der Waals surface area contributed by atoms with Crippen molar-refractivity contribution in [2.75, 3.05) is 18.0 Å². The third kappa shape index (κ3) is 2.94. The molecule has 0 unspecified atom stereocenters. The summed E-state index contributed by atoms with van der Waals surface area (Å²) in [5, 5.41) is 8.90. The lowest BCUT2D eigenvalue weighted by atomic mass is 10.2. The van der Waals surface area contributed by atoms with E-state index in [0.717, 1.165) is 25.2 Å². The quantitative estimate of drug-likeness (QED) is 0.928. The highest BCUT2D eigenvalue weighted by atomic mass is 16.5. The SMILES string of the molecule is C[C@@H]1CN(c2cc(-c3nc(C(=O)O)co3)ccn2)C[C@H](C)O1. The number of aromatic nitrogens is 2. The molecule has 3 heterocycles. The first kappa shape index (κ1) is 14.5. The number of nitrogens with zero attached hydrogens (tertiary/aromatic N) is 3. The van der Waals surface area contributed by atoms with Crippen LogP contribution in [0.4, 0.5) is 5.82 Å². The molecule has 0 spiro atoms. The lowest BCUT2D eigenvalue weighted by Gasteiger charge is -2.36. The van der Waals surface area contributed by atoms with Crippen molar-refractivity contribution in [3.8, 4) is 11.5 Å². The summed E-state index contributed by atoms with van der Waals surface area (Å²) in [7, 11) is 0. The lowest BCUT2D eigenvalue weighted by molar-refractivity contribution is -0.00546. The third-order valence-corrected chi connectivity index (χ3v) is 3.46. The van der Waals surface area contributed by atoms with E-state index in [2.05, 4.69) is 14.9 Å². The largest absolute Gasteiger partial charge is 0.476 e. The Hall–Kier alpha value is -2.41. The zero-order valence-electron chi connectivity index (χ0n) is 12.4. The van der Waals surface area contributed by atoms with Gasteiger partial charge in [-0.05, 0) is 26.0 Å². The van der Waals surface area contributed by atoms with E-state index in [9.17, 15) is 4.79 Å². The average molecular weight is 303 g/mol. The Kier molecular flexibility index (Phi) is 3.81. The maximum absolute atomic E-state index is 10.9. The van der Waals surface area contributed by atoms with Crippen molar-refractivity contribution >= 4 is 11.8 Å². The Morgan fingerprint density at radius 3 is 2.73 bits per heavy atom. The van der Waals surface area contributed by atoms with Crippen LogP contribution in [0.1, 0.15) is 24.3 Å². The van der Waals surface area contributed by atoms with Gasteiger partial charge in [0.15, 0.2) is 5.69 Å². The minimum absolute atomic E-state index is 0.109. The molecule has 0 bridgehead atoms. The Balaban J connectivity index is 1.87. The molecule has 116 valence electrons. The van der Waals surface area contributed by atoms with Crippen LogP contribution in [-0.4, -0.2) is 46.3 Å². The monoisotopic (exact) mass is 303 g/mol. The molecule has 2 atom stereocenters. The molecule has 2 aromatic heterocycles. The summed E-state index contributed by atoms with van der Waals surface area (Å²) >= 11 is 0. The molecule has 1 N–H and O–H groups in total. The number of morpholine rings is 1. The molecule has 22 heavy (non-hydrogen) atoms. The molecule has 7 heteroatoms. The molecule has 0 aromatic carbocycles. The summed E-state index contributed by atoms with van der Waals surface area (Å²) in [6.07, 6.45) is 3.07. The summed E-state index contributed by atoms with van der Waals surface area (Å²) < 4.78 is 11.0. The van der Waals surface area contributed by atoms with Gasteiger partial charge in [-0.2, -0.15) is 0 Å². The van der Waals surface area contributed by atoms with Crippen LogP contribution >= 0.6 is 0 Å². The predicted molar refractivity (Wildman–Crippen MR) is 78.9 cm³/mol. The average Bonchev–Trinajstić information content (AvgIpc) is 2.96. The number of aromatic carboxylic acids is 1. The van der Waals surface area contributed by atoms with Crippen molar-refractivity contribution in [3.63, 3.8) is 0 Å². The van der Waals surface area contributed by atoms with Crippen LogP contribution in [0.3, 0.4) is 0 Å². The highest BCUT2D eigenvalue weighted by molar-refractivity contribution is 5.85. The van der Waals surface area contributed by atoms with Gasteiger partial charge in [0.05, 0.1) is 12.2 Å². The van der Waals surface area contributed by atoms with E-state index in [4.69, 9.17) is 14.3 Å². The number of carboxylic acids is 1. The van der Waals surface area contributed by atoms with Gasteiger partial charge in [0.2, 0.25) is 5.89 Å². The summed E-state index contributed by atoms with van der Waals surface area (Å²) in [5.74, 6) is -0.0370. The van der Waals surface area contributed by atoms with E-state index in [1.165, 1.54) is 0 Å². The molecule has 1 fully saturated rings. The van der Waals surface area contributed by atoms with Crippen LogP contribution in [-0.2, 0) is 4.74 Å². The van der Waals surface area contributed by atoms with Crippen LogP contribution in [0.5, 0.6) is 0 Å². The maximum atomic E-state index is 10.9. The van der Waals surface area contributed by atoms with Crippen LogP contribution < -0.4 is 4.90 Å². The Morgan fingerprint density at radius 1 is 1.36 bits per heavy atom. The fourth-order valence-electron chi connectivity index (χ4n) is 2.59. The van der Waals surface area contributed by atoms with Gasteiger partial charge < -0.3 is 19.2 Å². The van der Waals surface area contributed by atoms with E-state index in [1.54, 1.807) is 12.3 Å².